The predicted octanol–water partition coefficient (Wildman–Crippen LogP) is 3.72. The van der Waals surface area contributed by atoms with Gasteiger partial charge in [-0.1, -0.05) is 23.7 Å². The molecule has 6 heteroatoms. The molecule has 0 spiro atoms. The van der Waals surface area contributed by atoms with Crippen molar-refractivity contribution in [1.29, 1.82) is 0 Å². The number of ether oxygens (including phenoxy) is 1. The van der Waals surface area contributed by atoms with Crippen molar-refractivity contribution in [3.05, 3.63) is 59.2 Å². The van der Waals surface area contributed by atoms with Crippen molar-refractivity contribution in [2.24, 2.45) is 0 Å². The summed E-state index contributed by atoms with van der Waals surface area (Å²) in [5.74, 6) is 1.02. The maximum absolute atomic E-state index is 12.8. The Labute approximate surface area is 163 Å². The molecule has 2 aromatic carbocycles. The van der Waals surface area contributed by atoms with Gasteiger partial charge in [-0.25, -0.2) is 0 Å². The van der Waals surface area contributed by atoms with Crippen molar-refractivity contribution in [3.63, 3.8) is 0 Å². The van der Waals surface area contributed by atoms with E-state index in [2.05, 4.69) is 16.0 Å². The first-order valence-electron chi connectivity index (χ1n) is 9.07. The number of hydrogen-bond donors (Lipinski definition) is 1. The molecule has 0 bridgehead atoms. The molecule has 0 saturated carbocycles. The molecule has 0 atom stereocenters. The summed E-state index contributed by atoms with van der Waals surface area (Å²) in [4.78, 5) is 20.2. The smallest absolute Gasteiger partial charge is 0.227 e. The number of carbonyl (C=O) groups excluding carboxylic acids is 1. The normalized spacial score (nSPS) is 14.6. The van der Waals surface area contributed by atoms with Crippen molar-refractivity contribution in [2.45, 2.75) is 6.42 Å². The fourth-order valence-corrected chi connectivity index (χ4v) is 3.83. The van der Waals surface area contributed by atoms with Gasteiger partial charge in [-0.15, -0.1) is 0 Å². The van der Waals surface area contributed by atoms with Gasteiger partial charge in [0.1, 0.15) is 5.75 Å². The Balaban J connectivity index is 1.42. The van der Waals surface area contributed by atoms with Gasteiger partial charge in [0.2, 0.25) is 5.91 Å². The molecule has 0 unspecified atom stereocenters. The average molecular weight is 384 g/mol. The van der Waals surface area contributed by atoms with Crippen LogP contribution in [0.25, 0.3) is 10.9 Å². The number of amides is 1. The van der Waals surface area contributed by atoms with Crippen LogP contribution in [0, 0.1) is 0 Å². The van der Waals surface area contributed by atoms with E-state index >= 15 is 0 Å². The molecular weight excluding hydrogens is 362 g/mol. The predicted molar refractivity (Wildman–Crippen MR) is 109 cm³/mol. The lowest BCUT2D eigenvalue weighted by atomic mass is 10.1. The highest BCUT2D eigenvalue weighted by Crippen LogP contribution is 2.28. The van der Waals surface area contributed by atoms with E-state index in [1.165, 1.54) is 0 Å². The SMILES string of the molecule is COc1ccccc1N1CCN(C(=O)Cc2c[nH]c3ccc(Cl)cc23)CC1. The van der Waals surface area contributed by atoms with Gasteiger partial charge >= 0.3 is 0 Å². The Kier molecular flexibility index (Phi) is 4.94. The Hall–Kier alpha value is -2.66. The van der Waals surface area contributed by atoms with Gasteiger partial charge in [-0.2, -0.15) is 0 Å². The highest BCUT2D eigenvalue weighted by Gasteiger charge is 2.23. The number of para-hydroxylation sites is 2. The van der Waals surface area contributed by atoms with Crippen LogP contribution in [0.3, 0.4) is 0 Å². The number of nitrogens with one attached hydrogen (secondary N) is 1. The van der Waals surface area contributed by atoms with E-state index in [0.29, 0.717) is 24.5 Å². The topological polar surface area (TPSA) is 48.6 Å². The molecule has 27 heavy (non-hydrogen) atoms. The molecule has 1 N–H and O–H groups in total. The van der Waals surface area contributed by atoms with E-state index in [0.717, 1.165) is 41.0 Å². The molecule has 2 heterocycles. The van der Waals surface area contributed by atoms with E-state index in [1.807, 2.05) is 47.5 Å². The quantitative estimate of drug-likeness (QED) is 0.747. The molecule has 0 radical (unpaired) electrons. The Morgan fingerprint density at radius 1 is 1.15 bits per heavy atom. The van der Waals surface area contributed by atoms with Crippen LogP contribution in [0.4, 0.5) is 5.69 Å². The summed E-state index contributed by atoms with van der Waals surface area (Å²) in [5, 5.41) is 1.70. The number of methoxy groups -OCH3 is 1. The number of aromatic nitrogens is 1. The van der Waals surface area contributed by atoms with Gasteiger partial charge < -0.3 is 19.5 Å². The Bertz CT molecular complexity index is 961. The Morgan fingerprint density at radius 2 is 1.93 bits per heavy atom. The molecule has 4 rings (SSSR count). The molecule has 0 aliphatic carbocycles. The van der Waals surface area contributed by atoms with Crippen LogP contribution in [0.15, 0.2) is 48.7 Å². The number of benzene rings is 2. The number of anilines is 1. The summed E-state index contributed by atoms with van der Waals surface area (Å²) in [7, 11) is 1.69. The van der Waals surface area contributed by atoms with Crippen LogP contribution in [0.1, 0.15) is 5.56 Å². The summed E-state index contributed by atoms with van der Waals surface area (Å²) in [6, 6.07) is 13.7. The third kappa shape index (κ3) is 3.60. The number of fused-ring (bicyclic) bond motifs is 1. The minimum Gasteiger partial charge on any atom is -0.495 e. The van der Waals surface area contributed by atoms with Gasteiger partial charge in [0.25, 0.3) is 0 Å². The average Bonchev–Trinajstić information content (AvgIpc) is 3.10. The number of nitrogens with zero attached hydrogens (tertiary/aromatic N) is 2. The summed E-state index contributed by atoms with van der Waals surface area (Å²) in [6.45, 7) is 3.01. The number of piperazine rings is 1. The highest BCUT2D eigenvalue weighted by molar-refractivity contribution is 6.31. The summed E-state index contributed by atoms with van der Waals surface area (Å²) in [6.07, 6.45) is 2.29. The van der Waals surface area contributed by atoms with Gasteiger partial charge in [0.15, 0.2) is 0 Å². The first-order chi connectivity index (χ1) is 13.2. The number of aromatic amines is 1. The molecule has 1 fully saturated rings. The van der Waals surface area contributed by atoms with E-state index in [-0.39, 0.29) is 5.91 Å². The molecule has 140 valence electrons. The molecule has 1 aliphatic heterocycles. The Morgan fingerprint density at radius 3 is 2.70 bits per heavy atom. The zero-order chi connectivity index (χ0) is 18.8. The second-order valence-corrected chi connectivity index (χ2v) is 7.16. The molecule has 1 amide bonds. The van der Waals surface area contributed by atoms with Crippen LogP contribution in [0.2, 0.25) is 5.02 Å². The molecule has 1 aliphatic rings. The van der Waals surface area contributed by atoms with Crippen LogP contribution in [-0.2, 0) is 11.2 Å². The van der Waals surface area contributed by atoms with Gasteiger partial charge in [0.05, 0.1) is 19.2 Å². The molecule has 1 aromatic heterocycles. The molecule has 3 aromatic rings. The van der Waals surface area contributed by atoms with Crippen molar-refractivity contribution < 1.29 is 9.53 Å². The van der Waals surface area contributed by atoms with E-state index in [9.17, 15) is 4.79 Å². The number of halogens is 1. The fourth-order valence-electron chi connectivity index (χ4n) is 3.66. The molecular formula is C21H22ClN3O2. The lowest BCUT2D eigenvalue weighted by Crippen LogP contribution is -2.49. The third-order valence-corrected chi connectivity index (χ3v) is 5.36. The summed E-state index contributed by atoms with van der Waals surface area (Å²) in [5.41, 5.74) is 3.08. The number of rotatable bonds is 4. The van der Waals surface area contributed by atoms with E-state index in [1.54, 1.807) is 7.11 Å². The molecule has 1 saturated heterocycles. The number of H-pyrrole nitrogens is 1. The highest BCUT2D eigenvalue weighted by atomic mass is 35.5. The monoisotopic (exact) mass is 383 g/mol. The van der Waals surface area contributed by atoms with E-state index < -0.39 is 0 Å². The van der Waals surface area contributed by atoms with Crippen LogP contribution in [0.5, 0.6) is 5.75 Å². The van der Waals surface area contributed by atoms with Crippen LogP contribution in [-0.4, -0.2) is 49.1 Å². The van der Waals surface area contributed by atoms with Crippen molar-refractivity contribution in [1.82, 2.24) is 9.88 Å². The fraction of sp³-hybridized carbons (Fsp3) is 0.286. The first-order valence-corrected chi connectivity index (χ1v) is 9.45. The van der Waals surface area contributed by atoms with Crippen molar-refractivity contribution >= 4 is 34.1 Å². The standard InChI is InChI=1S/C21H22ClN3O2/c1-27-20-5-3-2-4-19(20)24-8-10-25(11-9-24)21(26)12-15-14-23-18-7-6-16(22)13-17(15)18/h2-7,13-14,23H,8-12H2,1H3. The zero-order valence-electron chi connectivity index (χ0n) is 15.2. The second-order valence-electron chi connectivity index (χ2n) is 6.72. The number of carbonyl (C=O) groups is 1. The second kappa shape index (κ2) is 7.53. The van der Waals surface area contributed by atoms with E-state index in [4.69, 9.17) is 16.3 Å². The lowest BCUT2D eigenvalue weighted by Gasteiger charge is -2.36. The van der Waals surface area contributed by atoms with Crippen LogP contribution >= 0.6 is 11.6 Å². The zero-order valence-corrected chi connectivity index (χ0v) is 16.0. The number of hydrogen-bond acceptors (Lipinski definition) is 3. The van der Waals surface area contributed by atoms with Gasteiger partial charge in [-0.05, 0) is 35.9 Å². The minimum atomic E-state index is 0.149. The van der Waals surface area contributed by atoms with Crippen LogP contribution < -0.4 is 9.64 Å². The van der Waals surface area contributed by atoms with Gasteiger partial charge in [-0.3, -0.25) is 4.79 Å². The van der Waals surface area contributed by atoms with Crippen molar-refractivity contribution in [2.75, 3.05) is 38.2 Å². The molecule has 5 nitrogen and oxygen atoms in total. The largest absolute Gasteiger partial charge is 0.495 e. The minimum absolute atomic E-state index is 0.149. The maximum Gasteiger partial charge on any atom is 0.227 e. The lowest BCUT2D eigenvalue weighted by molar-refractivity contribution is -0.130. The summed E-state index contributed by atoms with van der Waals surface area (Å²) < 4.78 is 5.46. The first kappa shape index (κ1) is 17.7. The van der Waals surface area contributed by atoms with Gasteiger partial charge in [0, 0.05) is 48.3 Å². The van der Waals surface area contributed by atoms with Crippen molar-refractivity contribution in [3.8, 4) is 5.75 Å². The maximum atomic E-state index is 12.8. The third-order valence-electron chi connectivity index (χ3n) is 5.13. The summed E-state index contributed by atoms with van der Waals surface area (Å²) >= 11 is 6.11.